The Labute approximate surface area is 129 Å². The second-order valence-electron chi connectivity index (χ2n) is 4.29. The summed E-state index contributed by atoms with van der Waals surface area (Å²) in [6.45, 7) is 5.55. The Morgan fingerprint density at radius 1 is 1.05 bits per heavy atom. The van der Waals surface area contributed by atoms with E-state index in [4.69, 9.17) is 11.6 Å². The lowest BCUT2D eigenvalue weighted by Gasteiger charge is -1.98. The van der Waals surface area contributed by atoms with Gasteiger partial charge in [0.25, 0.3) is 0 Å². The van der Waals surface area contributed by atoms with Gasteiger partial charge in [0.2, 0.25) is 0 Å². The van der Waals surface area contributed by atoms with Gasteiger partial charge in [-0.05, 0) is 19.1 Å². The molecule has 0 N–H and O–H groups in total. The maximum Gasteiger partial charge on any atom is 0.164 e. The topological polar surface area (TPSA) is 34.4 Å². The molecule has 3 aromatic rings. The SMILES string of the molecule is CC.CC(=O)c1c(-c2ccccc2)nn2c(Cl)cccc12. The fourth-order valence-electron chi connectivity index (χ4n) is 2.18. The molecule has 0 aliphatic heterocycles. The van der Waals surface area contributed by atoms with E-state index >= 15 is 0 Å². The number of hydrogen-bond donors (Lipinski definition) is 0. The average Bonchev–Trinajstić information content (AvgIpc) is 2.91. The number of ketones is 1. The first-order valence-electron chi connectivity index (χ1n) is 6.92. The number of Topliss-reactive ketones (excluding diaryl/α,β-unsaturated/α-hetero) is 1. The van der Waals surface area contributed by atoms with Crippen LogP contribution in [0, 0.1) is 0 Å². The monoisotopic (exact) mass is 300 g/mol. The highest BCUT2D eigenvalue weighted by Gasteiger charge is 2.18. The fraction of sp³-hybridized carbons (Fsp3) is 0.176. The van der Waals surface area contributed by atoms with Crippen molar-refractivity contribution in [2.24, 2.45) is 0 Å². The third-order valence-corrected chi connectivity index (χ3v) is 3.30. The smallest absolute Gasteiger partial charge is 0.164 e. The van der Waals surface area contributed by atoms with Gasteiger partial charge in [-0.25, -0.2) is 4.52 Å². The number of pyridine rings is 1. The Bertz CT molecular complexity index is 763. The van der Waals surface area contributed by atoms with Crippen LogP contribution in [0.1, 0.15) is 31.1 Å². The standard InChI is InChI=1S/C15H11ClN2O.C2H6/c1-10(19)14-12-8-5-9-13(16)18(12)17-15(14)11-6-3-2-4-7-11;1-2/h2-9H,1H3;1-2H3. The maximum atomic E-state index is 11.9. The van der Waals surface area contributed by atoms with Gasteiger partial charge in [0.15, 0.2) is 5.78 Å². The Balaban J connectivity index is 0.000000774. The van der Waals surface area contributed by atoms with Gasteiger partial charge >= 0.3 is 0 Å². The molecule has 0 amide bonds. The van der Waals surface area contributed by atoms with E-state index in [-0.39, 0.29) is 5.78 Å². The molecule has 0 bridgehead atoms. The third-order valence-electron chi connectivity index (χ3n) is 3.01. The fourth-order valence-corrected chi connectivity index (χ4v) is 2.38. The van der Waals surface area contributed by atoms with Crippen molar-refractivity contribution in [3.8, 4) is 11.3 Å². The zero-order valence-corrected chi connectivity index (χ0v) is 13.1. The highest BCUT2D eigenvalue weighted by molar-refractivity contribution is 6.30. The maximum absolute atomic E-state index is 11.9. The van der Waals surface area contributed by atoms with Gasteiger partial charge in [0, 0.05) is 5.56 Å². The quantitative estimate of drug-likeness (QED) is 0.499. The lowest BCUT2D eigenvalue weighted by Crippen LogP contribution is -1.94. The van der Waals surface area contributed by atoms with Gasteiger partial charge < -0.3 is 0 Å². The van der Waals surface area contributed by atoms with E-state index in [2.05, 4.69) is 5.10 Å². The van der Waals surface area contributed by atoms with Gasteiger partial charge in [0.05, 0.1) is 11.1 Å². The molecule has 0 aliphatic carbocycles. The molecular formula is C17H17ClN2O. The molecule has 21 heavy (non-hydrogen) atoms. The summed E-state index contributed by atoms with van der Waals surface area (Å²) >= 11 is 6.12. The summed E-state index contributed by atoms with van der Waals surface area (Å²) in [4.78, 5) is 11.9. The van der Waals surface area contributed by atoms with E-state index in [1.165, 1.54) is 0 Å². The van der Waals surface area contributed by atoms with Gasteiger partial charge in [-0.2, -0.15) is 5.10 Å². The Morgan fingerprint density at radius 3 is 2.33 bits per heavy atom. The van der Waals surface area contributed by atoms with Crippen molar-refractivity contribution in [1.82, 2.24) is 9.61 Å². The Kier molecular flexibility index (Phi) is 4.76. The number of hydrogen-bond acceptors (Lipinski definition) is 2. The van der Waals surface area contributed by atoms with E-state index in [9.17, 15) is 4.79 Å². The van der Waals surface area contributed by atoms with E-state index in [1.54, 1.807) is 17.5 Å². The first-order valence-corrected chi connectivity index (χ1v) is 7.30. The number of nitrogens with zero attached hydrogens (tertiary/aromatic N) is 2. The van der Waals surface area contributed by atoms with E-state index in [1.807, 2.05) is 56.3 Å². The summed E-state index contributed by atoms with van der Waals surface area (Å²) in [6, 6.07) is 15.1. The zero-order valence-electron chi connectivity index (χ0n) is 12.3. The molecule has 0 atom stereocenters. The van der Waals surface area contributed by atoms with Crippen LogP contribution >= 0.6 is 11.6 Å². The highest BCUT2D eigenvalue weighted by Crippen LogP contribution is 2.28. The first kappa shape index (κ1) is 15.3. The second kappa shape index (κ2) is 6.55. The lowest BCUT2D eigenvalue weighted by atomic mass is 10.0. The van der Waals surface area contributed by atoms with Crippen molar-refractivity contribution >= 4 is 22.9 Å². The van der Waals surface area contributed by atoms with E-state index < -0.39 is 0 Å². The number of aromatic nitrogens is 2. The molecule has 3 nitrogen and oxygen atoms in total. The summed E-state index contributed by atoms with van der Waals surface area (Å²) in [6.07, 6.45) is 0. The first-order chi connectivity index (χ1) is 10.2. The van der Waals surface area contributed by atoms with Gasteiger partial charge in [-0.15, -0.1) is 0 Å². The molecule has 0 saturated heterocycles. The van der Waals surface area contributed by atoms with Crippen LogP contribution in [0.15, 0.2) is 48.5 Å². The molecule has 0 saturated carbocycles. The number of rotatable bonds is 2. The third kappa shape index (κ3) is 2.83. The van der Waals surface area contributed by atoms with Crippen LogP contribution in [0.3, 0.4) is 0 Å². The van der Waals surface area contributed by atoms with Crippen molar-refractivity contribution in [3.05, 3.63) is 59.2 Å². The molecule has 3 rings (SSSR count). The largest absolute Gasteiger partial charge is 0.294 e. The average molecular weight is 301 g/mol. The van der Waals surface area contributed by atoms with Gasteiger partial charge in [-0.3, -0.25) is 4.79 Å². The lowest BCUT2D eigenvalue weighted by molar-refractivity contribution is 0.102. The highest BCUT2D eigenvalue weighted by atomic mass is 35.5. The summed E-state index contributed by atoms with van der Waals surface area (Å²) in [7, 11) is 0. The molecule has 108 valence electrons. The molecule has 0 fully saturated rings. The number of fused-ring (bicyclic) bond motifs is 1. The summed E-state index contributed by atoms with van der Waals surface area (Å²) in [5.41, 5.74) is 2.92. The zero-order chi connectivity index (χ0) is 15.4. The molecule has 0 spiro atoms. The van der Waals surface area contributed by atoms with Crippen LogP contribution in [0.5, 0.6) is 0 Å². The molecule has 0 unspecified atom stereocenters. The van der Waals surface area contributed by atoms with Crippen molar-refractivity contribution < 1.29 is 4.79 Å². The predicted molar refractivity (Wildman–Crippen MR) is 87.0 cm³/mol. The van der Waals surface area contributed by atoms with Crippen LogP contribution in [-0.2, 0) is 0 Å². The van der Waals surface area contributed by atoms with Crippen LogP contribution in [0.4, 0.5) is 0 Å². The van der Waals surface area contributed by atoms with Crippen molar-refractivity contribution in [2.45, 2.75) is 20.8 Å². The minimum Gasteiger partial charge on any atom is -0.294 e. The molecular weight excluding hydrogens is 284 g/mol. The molecule has 0 radical (unpaired) electrons. The minimum atomic E-state index is -0.0175. The van der Waals surface area contributed by atoms with Crippen LogP contribution in [0.2, 0.25) is 5.15 Å². The van der Waals surface area contributed by atoms with Crippen molar-refractivity contribution in [2.75, 3.05) is 0 Å². The van der Waals surface area contributed by atoms with E-state index in [0.717, 1.165) is 11.1 Å². The van der Waals surface area contributed by atoms with E-state index in [0.29, 0.717) is 16.4 Å². The number of halogens is 1. The number of carbonyl (C=O) groups excluding carboxylic acids is 1. The molecule has 1 aromatic carbocycles. The summed E-state index contributed by atoms with van der Waals surface area (Å²) < 4.78 is 1.60. The molecule has 2 aromatic heterocycles. The van der Waals surface area contributed by atoms with Gasteiger partial charge in [0.1, 0.15) is 10.8 Å². The normalized spacial score (nSPS) is 10.1. The molecule has 2 heterocycles. The molecule has 4 heteroatoms. The Hall–Kier alpha value is -2.13. The van der Waals surface area contributed by atoms with Gasteiger partial charge in [-0.1, -0.05) is 61.8 Å². The van der Waals surface area contributed by atoms with Crippen molar-refractivity contribution in [1.29, 1.82) is 0 Å². The minimum absolute atomic E-state index is 0.0175. The number of benzene rings is 1. The molecule has 0 aliphatic rings. The predicted octanol–water partition coefficient (Wildman–Crippen LogP) is 4.88. The van der Waals surface area contributed by atoms with Crippen LogP contribution in [0.25, 0.3) is 16.8 Å². The number of carbonyl (C=O) groups is 1. The summed E-state index contributed by atoms with van der Waals surface area (Å²) in [5, 5.41) is 4.96. The Morgan fingerprint density at radius 2 is 1.71 bits per heavy atom. The van der Waals surface area contributed by atoms with Crippen LogP contribution < -0.4 is 0 Å². The second-order valence-corrected chi connectivity index (χ2v) is 4.68. The summed E-state index contributed by atoms with van der Waals surface area (Å²) in [5.74, 6) is -0.0175. The van der Waals surface area contributed by atoms with Crippen LogP contribution in [-0.4, -0.2) is 15.4 Å². The van der Waals surface area contributed by atoms with Crippen molar-refractivity contribution in [3.63, 3.8) is 0 Å².